The molecule has 1 amide bonds. The Morgan fingerprint density at radius 1 is 1.15 bits per heavy atom. The molecule has 0 radical (unpaired) electrons. The van der Waals surface area contributed by atoms with Crippen molar-refractivity contribution in [3.05, 3.63) is 35.4 Å². The number of aliphatic imine (C=N–C) groups is 1. The number of guanidine groups is 1. The molecular formula is C21H37N5O. The first-order valence-electron chi connectivity index (χ1n) is 9.99. The minimum Gasteiger partial charge on any atom is -0.357 e. The van der Waals surface area contributed by atoms with Crippen molar-refractivity contribution in [2.24, 2.45) is 4.99 Å². The fourth-order valence-corrected chi connectivity index (χ4v) is 2.97. The van der Waals surface area contributed by atoms with Crippen LogP contribution in [0.4, 0.5) is 0 Å². The summed E-state index contributed by atoms with van der Waals surface area (Å²) in [5.74, 6) is 0.877. The fourth-order valence-electron chi connectivity index (χ4n) is 2.97. The van der Waals surface area contributed by atoms with Crippen molar-refractivity contribution >= 4 is 11.9 Å². The van der Waals surface area contributed by atoms with E-state index in [0.29, 0.717) is 6.04 Å². The quantitative estimate of drug-likeness (QED) is 0.486. The smallest absolute Gasteiger partial charge is 0.253 e. The Labute approximate surface area is 165 Å². The maximum absolute atomic E-state index is 12.1. The third-order valence-corrected chi connectivity index (χ3v) is 4.58. The highest BCUT2D eigenvalue weighted by Crippen LogP contribution is 2.07. The van der Waals surface area contributed by atoms with Crippen LogP contribution in [-0.2, 0) is 6.42 Å². The molecule has 2 N–H and O–H groups in total. The van der Waals surface area contributed by atoms with Gasteiger partial charge < -0.3 is 15.5 Å². The number of hydrogen-bond acceptors (Lipinski definition) is 3. The van der Waals surface area contributed by atoms with E-state index in [-0.39, 0.29) is 5.91 Å². The lowest BCUT2D eigenvalue weighted by molar-refractivity contribution is 0.0827. The summed E-state index contributed by atoms with van der Waals surface area (Å²) >= 11 is 0. The predicted molar refractivity (Wildman–Crippen MR) is 115 cm³/mol. The zero-order valence-electron chi connectivity index (χ0n) is 17.9. The average Bonchev–Trinajstić information content (AvgIpc) is 2.66. The lowest BCUT2D eigenvalue weighted by Crippen LogP contribution is -2.40. The molecule has 0 saturated carbocycles. The number of carbonyl (C=O) groups is 1. The second-order valence-corrected chi connectivity index (χ2v) is 6.87. The van der Waals surface area contributed by atoms with Gasteiger partial charge in [0.05, 0.1) is 6.54 Å². The van der Waals surface area contributed by atoms with Crippen LogP contribution in [0.3, 0.4) is 0 Å². The molecule has 1 atom stereocenters. The van der Waals surface area contributed by atoms with Crippen LogP contribution in [0.25, 0.3) is 0 Å². The van der Waals surface area contributed by atoms with Crippen LogP contribution in [0, 0.1) is 0 Å². The van der Waals surface area contributed by atoms with E-state index in [1.807, 2.05) is 18.2 Å². The third-order valence-electron chi connectivity index (χ3n) is 4.58. The maximum atomic E-state index is 12.1. The van der Waals surface area contributed by atoms with E-state index in [2.05, 4.69) is 49.3 Å². The van der Waals surface area contributed by atoms with Crippen molar-refractivity contribution in [2.45, 2.75) is 40.2 Å². The first kappa shape index (κ1) is 23.0. The molecule has 0 heterocycles. The van der Waals surface area contributed by atoms with Gasteiger partial charge >= 0.3 is 0 Å². The molecule has 1 aromatic carbocycles. The van der Waals surface area contributed by atoms with Crippen LogP contribution in [-0.4, -0.2) is 74.5 Å². The van der Waals surface area contributed by atoms with Crippen molar-refractivity contribution < 1.29 is 4.79 Å². The molecule has 6 nitrogen and oxygen atoms in total. The van der Waals surface area contributed by atoms with Crippen molar-refractivity contribution in [3.8, 4) is 0 Å². The van der Waals surface area contributed by atoms with Gasteiger partial charge in [0.2, 0.25) is 0 Å². The first-order valence-corrected chi connectivity index (χ1v) is 9.99. The minimum absolute atomic E-state index is 0.0325. The number of carbonyl (C=O) groups excluding carboxylic acids is 1. The lowest BCUT2D eigenvalue weighted by Gasteiger charge is -2.25. The average molecular weight is 376 g/mol. The molecule has 1 unspecified atom stereocenters. The number of rotatable bonds is 10. The van der Waals surface area contributed by atoms with E-state index in [1.165, 1.54) is 0 Å². The summed E-state index contributed by atoms with van der Waals surface area (Å²) in [6.07, 6.45) is 0.838. The van der Waals surface area contributed by atoms with Crippen molar-refractivity contribution in [3.63, 3.8) is 0 Å². The van der Waals surface area contributed by atoms with Gasteiger partial charge in [-0.05, 0) is 51.1 Å². The monoisotopic (exact) mass is 375 g/mol. The van der Waals surface area contributed by atoms with E-state index >= 15 is 0 Å². The van der Waals surface area contributed by atoms with Crippen LogP contribution in [0.5, 0.6) is 0 Å². The predicted octanol–water partition coefficient (Wildman–Crippen LogP) is 2.22. The molecule has 6 heteroatoms. The number of likely N-dealkylation sites (N-methyl/N-ethyl adjacent to an activating group) is 1. The van der Waals surface area contributed by atoms with Gasteiger partial charge in [-0.25, -0.2) is 0 Å². The van der Waals surface area contributed by atoms with Gasteiger partial charge in [0, 0.05) is 38.8 Å². The van der Waals surface area contributed by atoms with E-state index < -0.39 is 0 Å². The van der Waals surface area contributed by atoms with Gasteiger partial charge in [0.1, 0.15) is 0 Å². The van der Waals surface area contributed by atoms with Gasteiger partial charge in [-0.3, -0.25) is 14.7 Å². The number of hydrogen-bond donors (Lipinski definition) is 2. The van der Waals surface area contributed by atoms with E-state index in [4.69, 9.17) is 4.99 Å². The zero-order chi connectivity index (χ0) is 20.2. The summed E-state index contributed by atoms with van der Waals surface area (Å²) in [6, 6.07) is 8.25. The first-order chi connectivity index (χ1) is 12.9. The minimum atomic E-state index is 0.0325. The number of nitrogens with zero attached hydrogens (tertiary/aromatic N) is 3. The van der Waals surface area contributed by atoms with Crippen LogP contribution >= 0.6 is 0 Å². The molecule has 0 aromatic heterocycles. The Morgan fingerprint density at radius 2 is 1.85 bits per heavy atom. The Bertz CT molecular complexity index is 596. The summed E-state index contributed by atoms with van der Waals surface area (Å²) in [6.45, 7) is 13.1. The largest absolute Gasteiger partial charge is 0.357 e. The third kappa shape index (κ3) is 7.99. The highest BCUT2D eigenvalue weighted by Gasteiger charge is 2.10. The number of benzene rings is 1. The second kappa shape index (κ2) is 12.3. The molecule has 0 aliphatic heterocycles. The van der Waals surface area contributed by atoms with Gasteiger partial charge in [-0.15, -0.1) is 0 Å². The normalized spacial score (nSPS) is 12.8. The molecular weight excluding hydrogens is 338 g/mol. The Hall–Kier alpha value is -2.08. The standard InChI is InChI=1S/C21H37N5O/c1-7-22-21(24-16-17(4)26(8-2)9-3)23-14-13-18-11-10-12-19(15-18)20(27)25(5)6/h10-12,15,17H,7-9,13-14,16H2,1-6H3,(H2,22,23,24). The lowest BCUT2D eigenvalue weighted by atomic mass is 10.1. The molecule has 0 fully saturated rings. The number of nitrogens with one attached hydrogen (secondary N) is 2. The SMILES string of the molecule is CCNC(=NCC(C)N(CC)CC)NCCc1cccc(C(=O)N(C)C)c1. The fraction of sp³-hybridized carbons (Fsp3) is 0.619. The molecule has 1 rings (SSSR count). The molecule has 1 aromatic rings. The van der Waals surface area contributed by atoms with Crippen molar-refractivity contribution in [2.75, 3.05) is 46.8 Å². The molecule has 152 valence electrons. The Balaban J connectivity index is 2.61. The maximum Gasteiger partial charge on any atom is 0.253 e. The van der Waals surface area contributed by atoms with Gasteiger partial charge in [0.25, 0.3) is 5.91 Å². The van der Waals surface area contributed by atoms with E-state index in [0.717, 1.165) is 56.2 Å². The molecule has 0 spiro atoms. The highest BCUT2D eigenvalue weighted by atomic mass is 16.2. The zero-order valence-corrected chi connectivity index (χ0v) is 17.9. The molecule has 27 heavy (non-hydrogen) atoms. The summed E-state index contributed by atoms with van der Waals surface area (Å²) in [4.78, 5) is 20.8. The summed E-state index contributed by atoms with van der Waals surface area (Å²) < 4.78 is 0. The van der Waals surface area contributed by atoms with Crippen LogP contribution in [0.1, 0.15) is 43.6 Å². The molecule has 0 aliphatic carbocycles. The summed E-state index contributed by atoms with van der Waals surface area (Å²) in [7, 11) is 3.55. The van der Waals surface area contributed by atoms with E-state index in [9.17, 15) is 4.79 Å². The Kier molecular flexibility index (Phi) is 10.5. The van der Waals surface area contributed by atoms with Crippen molar-refractivity contribution in [1.29, 1.82) is 0 Å². The summed E-state index contributed by atoms with van der Waals surface area (Å²) in [5, 5.41) is 6.70. The van der Waals surface area contributed by atoms with Crippen molar-refractivity contribution in [1.82, 2.24) is 20.4 Å². The Morgan fingerprint density at radius 3 is 2.44 bits per heavy atom. The van der Waals surface area contributed by atoms with Gasteiger partial charge in [0.15, 0.2) is 5.96 Å². The van der Waals surface area contributed by atoms with Crippen LogP contribution in [0.15, 0.2) is 29.3 Å². The number of amides is 1. The topological polar surface area (TPSA) is 60.0 Å². The highest BCUT2D eigenvalue weighted by molar-refractivity contribution is 5.94. The molecule has 0 bridgehead atoms. The molecule has 0 saturated heterocycles. The second-order valence-electron chi connectivity index (χ2n) is 6.87. The van der Waals surface area contributed by atoms with E-state index in [1.54, 1.807) is 19.0 Å². The van der Waals surface area contributed by atoms with Gasteiger partial charge in [-0.1, -0.05) is 26.0 Å². The molecule has 0 aliphatic rings. The summed E-state index contributed by atoms with van der Waals surface area (Å²) in [5.41, 5.74) is 1.87. The van der Waals surface area contributed by atoms with Crippen LogP contribution < -0.4 is 10.6 Å². The van der Waals surface area contributed by atoms with Crippen LogP contribution in [0.2, 0.25) is 0 Å². The van der Waals surface area contributed by atoms with Gasteiger partial charge in [-0.2, -0.15) is 0 Å².